The molecule has 8 nitrogen and oxygen atoms in total. The molecule has 2 aliphatic rings. The molecule has 0 bridgehead atoms. The van der Waals surface area contributed by atoms with Gasteiger partial charge in [0.25, 0.3) is 0 Å². The molecule has 3 heterocycles. The molecule has 3 aromatic rings. The maximum Gasteiger partial charge on any atom is 0.511 e. The second kappa shape index (κ2) is 10.5. The molecule has 0 radical (unpaired) electrons. The summed E-state index contributed by atoms with van der Waals surface area (Å²) < 4.78 is 11.6. The predicted octanol–water partition coefficient (Wildman–Crippen LogP) is 5.36. The van der Waals surface area contributed by atoms with Gasteiger partial charge in [0.15, 0.2) is 12.8 Å². The van der Waals surface area contributed by atoms with Crippen molar-refractivity contribution in [2.45, 2.75) is 38.9 Å². The third kappa shape index (κ3) is 5.32. The Kier molecular flexibility index (Phi) is 7.29. The smallest absolute Gasteiger partial charge is 0.511 e. The van der Waals surface area contributed by atoms with E-state index in [2.05, 4.69) is 24.8 Å². The number of hydrogen-bond donors (Lipinski definition) is 2. The number of fused-ring (bicyclic) bond motifs is 2. The van der Waals surface area contributed by atoms with Crippen LogP contribution < -0.4 is 14.2 Å². The maximum atomic E-state index is 12.6. The van der Waals surface area contributed by atoms with Crippen molar-refractivity contribution in [1.82, 2.24) is 4.90 Å². The number of ether oxygens (including phenoxy) is 2. The van der Waals surface area contributed by atoms with Crippen molar-refractivity contribution >= 4 is 23.3 Å². The molecular weight excluding hydrogens is 520 g/mol. The van der Waals surface area contributed by atoms with Crippen molar-refractivity contribution in [1.29, 1.82) is 0 Å². The molecule has 1 aromatic heterocycles. The van der Waals surface area contributed by atoms with Crippen molar-refractivity contribution in [2.75, 3.05) is 19.6 Å². The van der Waals surface area contributed by atoms with Crippen LogP contribution in [0, 0.1) is 10.6 Å². The van der Waals surface area contributed by atoms with Gasteiger partial charge in [-0.2, -0.15) is 4.73 Å². The highest BCUT2D eigenvalue weighted by molar-refractivity contribution is 6.30. The average molecular weight is 551 g/mol. The van der Waals surface area contributed by atoms with Crippen LogP contribution in [-0.2, 0) is 12.2 Å². The maximum absolute atomic E-state index is 12.6. The molecule has 9 heteroatoms. The summed E-state index contributed by atoms with van der Waals surface area (Å²) in [6, 6.07) is 15.8. The number of aliphatic hydroxyl groups is 1. The van der Waals surface area contributed by atoms with Gasteiger partial charge in [0.05, 0.1) is 11.2 Å². The van der Waals surface area contributed by atoms with Gasteiger partial charge in [-0.15, -0.1) is 0 Å². The standard InChI is InChI=1S/C30H31ClN2O6/c1-29(2)19-32(16-13-30(29,36)20-7-9-21(31)10-8-20)14-3-5-23-24-6-4-15-33(37)26(24)18-38-27-12-11-22(17-25(23)27)39-28(34)35/h4-12,15,17,36H,3,13-14,16,18-19H2,1-2H3,(H,34,35)/t30-/m1/s1. The monoisotopic (exact) mass is 550 g/mol. The zero-order valence-electron chi connectivity index (χ0n) is 21.9. The van der Waals surface area contributed by atoms with E-state index >= 15 is 0 Å². The minimum absolute atomic E-state index is 0.0900. The Hall–Kier alpha value is -3.59. The Morgan fingerprint density at radius 3 is 2.69 bits per heavy atom. The quantitative estimate of drug-likeness (QED) is 0.190. The molecule has 0 spiro atoms. The van der Waals surface area contributed by atoms with Gasteiger partial charge in [-0.3, -0.25) is 0 Å². The number of pyridine rings is 1. The summed E-state index contributed by atoms with van der Waals surface area (Å²) in [7, 11) is 0. The number of carbonyl (C=O) groups is 1. The van der Waals surface area contributed by atoms with Crippen LogP contribution in [0.25, 0.3) is 5.57 Å². The van der Waals surface area contributed by atoms with Gasteiger partial charge in [-0.05, 0) is 60.4 Å². The molecule has 204 valence electrons. The first kappa shape index (κ1) is 27.0. The van der Waals surface area contributed by atoms with Crippen LogP contribution in [0.1, 0.15) is 49.1 Å². The molecular formula is C30H31ClN2O6. The van der Waals surface area contributed by atoms with E-state index in [4.69, 9.17) is 26.2 Å². The largest absolute Gasteiger partial charge is 0.618 e. The second-order valence-electron chi connectivity index (χ2n) is 10.7. The first-order valence-corrected chi connectivity index (χ1v) is 13.3. The van der Waals surface area contributed by atoms with Gasteiger partial charge in [0.1, 0.15) is 11.5 Å². The van der Waals surface area contributed by atoms with E-state index in [9.17, 15) is 15.1 Å². The van der Waals surface area contributed by atoms with Crippen molar-refractivity contribution in [3.05, 3.63) is 99.5 Å². The molecule has 2 aliphatic heterocycles. The van der Waals surface area contributed by atoms with Crippen LogP contribution in [0.2, 0.25) is 5.02 Å². The fourth-order valence-electron chi connectivity index (χ4n) is 5.70. The lowest BCUT2D eigenvalue weighted by Gasteiger charge is -2.50. The van der Waals surface area contributed by atoms with Crippen LogP contribution in [0.5, 0.6) is 11.5 Å². The van der Waals surface area contributed by atoms with Crippen LogP contribution in [0.3, 0.4) is 0 Å². The highest BCUT2D eigenvalue weighted by Gasteiger charge is 2.48. The number of likely N-dealkylation sites (tertiary alicyclic amines) is 1. The summed E-state index contributed by atoms with van der Waals surface area (Å²) in [5.74, 6) is 0.715. The number of halogens is 1. The molecule has 1 atom stereocenters. The Bertz CT molecular complexity index is 1420. The van der Waals surface area contributed by atoms with Crippen LogP contribution in [0.15, 0.2) is 66.9 Å². The molecule has 2 N–H and O–H groups in total. The molecule has 1 fully saturated rings. The van der Waals surface area contributed by atoms with E-state index in [0.717, 1.165) is 34.5 Å². The number of nitrogens with zero attached hydrogens (tertiary/aromatic N) is 2. The Morgan fingerprint density at radius 1 is 1.21 bits per heavy atom. The minimum Gasteiger partial charge on any atom is -0.618 e. The number of rotatable bonds is 5. The van der Waals surface area contributed by atoms with Crippen LogP contribution in [-0.4, -0.2) is 40.9 Å². The summed E-state index contributed by atoms with van der Waals surface area (Å²) in [4.78, 5) is 13.5. The topological polar surface area (TPSA) is 106 Å². The Balaban J connectivity index is 1.40. The third-order valence-corrected chi connectivity index (χ3v) is 8.06. The van der Waals surface area contributed by atoms with Gasteiger partial charge in [-0.25, -0.2) is 4.79 Å². The summed E-state index contributed by atoms with van der Waals surface area (Å²) in [5, 5.41) is 34.0. The molecule has 0 unspecified atom stereocenters. The van der Waals surface area contributed by atoms with E-state index in [0.29, 0.717) is 41.4 Å². The number of hydrogen-bond acceptors (Lipinski definition) is 6. The molecule has 5 rings (SSSR count). The first-order valence-electron chi connectivity index (χ1n) is 12.9. The lowest BCUT2D eigenvalue weighted by atomic mass is 9.66. The minimum atomic E-state index is -1.40. The molecule has 0 saturated carbocycles. The summed E-state index contributed by atoms with van der Waals surface area (Å²) in [6.45, 7) is 6.41. The number of benzene rings is 2. The molecule has 39 heavy (non-hydrogen) atoms. The third-order valence-electron chi connectivity index (χ3n) is 7.81. The van der Waals surface area contributed by atoms with E-state index < -0.39 is 17.2 Å². The van der Waals surface area contributed by atoms with E-state index in [1.807, 2.05) is 30.3 Å². The molecule has 0 amide bonds. The van der Waals surface area contributed by atoms with Crippen molar-refractivity contribution in [2.24, 2.45) is 5.41 Å². The van der Waals surface area contributed by atoms with Crippen molar-refractivity contribution in [3.63, 3.8) is 0 Å². The van der Waals surface area contributed by atoms with Crippen molar-refractivity contribution in [3.8, 4) is 11.5 Å². The Morgan fingerprint density at radius 2 is 1.97 bits per heavy atom. The second-order valence-corrected chi connectivity index (χ2v) is 11.1. The Labute approximate surface area is 232 Å². The predicted molar refractivity (Wildman–Crippen MR) is 147 cm³/mol. The number of aromatic nitrogens is 1. The lowest BCUT2D eigenvalue weighted by Crippen LogP contribution is -2.55. The van der Waals surface area contributed by atoms with Gasteiger partial charge in [-0.1, -0.05) is 43.7 Å². The van der Waals surface area contributed by atoms with Gasteiger partial charge >= 0.3 is 6.16 Å². The van der Waals surface area contributed by atoms with E-state index in [-0.39, 0.29) is 12.4 Å². The fraction of sp³-hybridized carbons (Fsp3) is 0.333. The highest BCUT2D eigenvalue weighted by Crippen LogP contribution is 2.46. The van der Waals surface area contributed by atoms with Crippen molar-refractivity contribution < 1.29 is 29.2 Å². The average Bonchev–Trinajstić information content (AvgIpc) is 3.04. The molecule has 0 aliphatic carbocycles. The van der Waals surface area contributed by atoms with E-state index in [1.165, 1.54) is 12.3 Å². The van der Waals surface area contributed by atoms with Gasteiger partial charge in [0.2, 0.25) is 5.69 Å². The van der Waals surface area contributed by atoms with Crippen LogP contribution in [0.4, 0.5) is 4.79 Å². The molecule has 2 aromatic carbocycles. The number of piperidine rings is 1. The van der Waals surface area contributed by atoms with Crippen LogP contribution >= 0.6 is 11.6 Å². The molecule has 1 saturated heterocycles. The SMILES string of the molecule is CC1(C)CN(CCC=C2c3cc(OC(=O)O)ccc3OCc3c2ccc[n+]3[O-])CC[C@@]1(O)c1ccc(Cl)cc1. The zero-order valence-corrected chi connectivity index (χ0v) is 22.6. The summed E-state index contributed by atoms with van der Waals surface area (Å²) in [6.07, 6.45) is 3.35. The lowest BCUT2D eigenvalue weighted by molar-refractivity contribution is -0.616. The summed E-state index contributed by atoms with van der Waals surface area (Å²) in [5.41, 5.74) is 2.16. The first-order chi connectivity index (χ1) is 18.6. The summed E-state index contributed by atoms with van der Waals surface area (Å²) >= 11 is 6.07. The van der Waals surface area contributed by atoms with E-state index in [1.54, 1.807) is 18.2 Å². The number of carboxylic acid groups (broad SMARTS) is 1. The fourth-order valence-corrected chi connectivity index (χ4v) is 5.83. The highest BCUT2D eigenvalue weighted by atomic mass is 35.5. The zero-order chi connectivity index (χ0) is 27.8. The van der Waals surface area contributed by atoms with Gasteiger partial charge in [0, 0.05) is 41.7 Å². The normalized spacial score (nSPS) is 21.4. The van der Waals surface area contributed by atoms with Gasteiger partial charge < -0.3 is 29.8 Å².